The molecule has 0 amide bonds. The molecule has 0 atom stereocenters. The number of nitrogens with zero attached hydrogens (tertiary/aromatic N) is 2. The third-order valence-corrected chi connectivity index (χ3v) is 13.8. The van der Waals surface area contributed by atoms with E-state index in [-0.39, 0.29) is 5.04 Å². The first-order chi connectivity index (χ1) is 22.8. The summed E-state index contributed by atoms with van der Waals surface area (Å²) >= 11 is 6.80. The minimum absolute atomic E-state index is 0.216. The van der Waals surface area contributed by atoms with Gasteiger partial charge < -0.3 is 19.8 Å². The van der Waals surface area contributed by atoms with Gasteiger partial charge in [-0.05, 0) is 77.0 Å². The van der Waals surface area contributed by atoms with E-state index in [2.05, 4.69) is 108 Å². The van der Waals surface area contributed by atoms with E-state index in [1.54, 1.807) is 19.5 Å². The number of rotatable bonds is 10. The van der Waals surface area contributed by atoms with Crippen molar-refractivity contribution in [2.75, 3.05) is 17.7 Å². The lowest BCUT2D eigenvalue weighted by Crippen LogP contribution is -2.68. The molecule has 1 aromatic heterocycles. The topological polar surface area (TPSA) is 68.3 Å². The van der Waals surface area contributed by atoms with Crippen LogP contribution < -0.4 is 30.2 Å². The Morgan fingerprint density at radius 1 is 0.766 bits per heavy atom. The van der Waals surface area contributed by atoms with Crippen LogP contribution in [0.2, 0.25) is 10.1 Å². The zero-order valence-electron chi connectivity index (χ0n) is 27.4. The number of anilines is 4. The van der Waals surface area contributed by atoms with Crippen LogP contribution in [-0.4, -0.2) is 25.4 Å². The maximum Gasteiger partial charge on any atom is 0.320 e. The van der Waals surface area contributed by atoms with Gasteiger partial charge in [0.05, 0.1) is 18.5 Å². The molecule has 1 aliphatic carbocycles. The molecular weight excluding hydrogens is 620 g/mol. The van der Waals surface area contributed by atoms with Crippen LogP contribution in [0.15, 0.2) is 116 Å². The number of aromatic nitrogens is 2. The lowest BCUT2D eigenvalue weighted by Gasteiger charge is -2.43. The smallest absolute Gasteiger partial charge is 0.320 e. The van der Waals surface area contributed by atoms with Crippen molar-refractivity contribution in [3.63, 3.8) is 0 Å². The van der Waals surface area contributed by atoms with Crippen LogP contribution in [0.5, 0.6) is 11.5 Å². The second kappa shape index (κ2) is 14.0. The highest BCUT2D eigenvalue weighted by molar-refractivity contribution is 7.00. The predicted molar refractivity (Wildman–Crippen MR) is 198 cm³/mol. The van der Waals surface area contributed by atoms with Gasteiger partial charge in [0.2, 0.25) is 5.95 Å². The zero-order chi connectivity index (χ0) is 32.9. The van der Waals surface area contributed by atoms with E-state index in [1.807, 2.05) is 36.4 Å². The molecule has 0 saturated carbocycles. The van der Waals surface area contributed by atoms with Crippen LogP contribution >= 0.6 is 11.6 Å². The third kappa shape index (κ3) is 6.92. The normalized spacial score (nSPS) is 13.4. The minimum atomic E-state index is -2.92. The molecule has 2 N–H and O–H groups in total. The molecule has 1 heterocycles. The van der Waals surface area contributed by atoms with E-state index in [4.69, 9.17) is 20.8 Å². The van der Waals surface area contributed by atoms with Gasteiger partial charge in [-0.3, -0.25) is 0 Å². The van der Waals surface area contributed by atoms with Gasteiger partial charge in [0, 0.05) is 34.7 Å². The molecule has 0 bridgehead atoms. The summed E-state index contributed by atoms with van der Waals surface area (Å²) in [6, 6.07) is 33.0. The second-order valence-corrected chi connectivity index (χ2v) is 17.5. The Balaban J connectivity index is 1.46. The monoisotopic (exact) mass is 660 g/mol. The molecule has 47 heavy (non-hydrogen) atoms. The Kier molecular flexibility index (Phi) is 9.66. The van der Waals surface area contributed by atoms with E-state index in [9.17, 15) is 0 Å². The molecule has 1 aliphatic rings. The fraction of sp³-hybridized carbons (Fsp3) is 0.231. The van der Waals surface area contributed by atoms with Crippen molar-refractivity contribution in [1.82, 2.24) is 9.97 Å². The molecule has 0 fully saturated rings. The Labute approximate surface area is 284 Å². The highest BCUT2D eigenvalue weighted by Gasteiger charge is 2.52. The summed E-state index contributed by atoms with van der Waals surface area (Å²) in [5.74, 6) is 1.85. The summed E-state index contributed by atoms with van der Waals surface area (Å²) in [6.45, 7) is 6.81. The van der Waals surface area contributed by atoms with Gasteiger partial charge in [-0.1, -0.05) is 99.1 Å². The van der Waals surface area contributed by atoms with Crippen LogP contribution in [0, 0.1) is 0 Å². The average Bonchev–Trinajstić information content (AvgIpc) is 3.09. The molecule has 0 spiro atoms. The van der Waals surface area contributed by atoms with Crippen LogP contribution in [0.1, 0.15) is 52.0 Å². The van der Waals surface area contributed by atoms with Crippen molar-refractivity contribution in [1.29, 1.82) is 0 Å². The maximum atomic E-state index is 7.41. The van der Waals surface area contributed by atoms with Crippen molar-refractivity contribution < 1.29 is 9.16 Å². The summed E-state index contributed by atoms with van der Waals surface area (Å²) in [4.78, 5) is 8.91. The fourth-order valence-corrected chi connectivity index (χ4v) is 11.1. The second-order valence-electron chi connectivity index (χ2n) is 12.8. The molecule has 5 aromatic rings. The maximum absolute atomic E-state index is 7.41. The Hall–Kier alpha value is -4.59. The number of ether oxygens (including phenoxy) is 1. The first-order valence-corrected chi connectivity index (χ1v) is 18.4. The predicted octanol–water partition coefficient (Wildman–Crippen LogP) is 9.52. The van der Waals surface area contributed by atoms with E-state index >= 15 is 0 Å². The standard InChI is InChI=1S/C39H41ClN4O2Si/c1-39(2,3)47(31-17-10-6-11-18-31,32-19-12-7-13-20-32)46-36-27-30(21-22-35(36)45-4)43-34-26-29(40)25-33(28-15-8-5-9-16-28)37(34)44-38-41-23-14-24-42-38/h6-7,10-15,17-27,43H,5,8-9,16H2,1-4H3,(H,41,42,44). The average molecular weight is 661 g/mol. The number of hydrogen-bond acceptors (Lipinski definition) is 6. The van der Waals surface area contributed by atoms with Crippen LogP contribution in [0.3, 0.4) is 0 Å². The Bertz CT molecular complexity index is 1810. The summed E-state index contributed by atoms with van der Waals surface area (Å²) in [5.41, 5.74) is 4.84. The molecule has 8 heteroatoms. The van der Waals surface area contributed by atoms with Gasteiger partial charge in [0.15, 0.2) is 5.75 Å². The zero-order valence-corrected chi connectivity index (χ0v) is 29.1. The van der Waals surface area contributed by atoms with E-state index in [0.717, 1.165) is 41.9 Å². The molecule has 0 saturated heterocycles. The van der Waals surface area contributed by atoms with Crippen LogP contribution in [0.25, 0.3) is 5.57 Å². The molecule has 0 unspecified atom stereocenters. The largest absolute Gasteiger partial charge is 0.531 e. The lowest BCUT2D eigenvalue weighted by molar-refractivity contribution is 0.388. The molecule has 240 valence electrons. The van der Waals surface area contributed by atoms with Crippen molar-refractivity contribution >= 4 is 58.9 Å². The van der Waals surface area contributed by atoms with Crippen molar-refractivity contribution in [2.24, 2.45) is 0 Å². The highest BCUT2D eigenvalue weighted by Crippen LogP contribution is 2.44. The first-order valence-electron chi connectivity index (χ1n) is 16.1. The van der Waals surface area contributed by atoms with Gasteiger partial charge >= 0.3 is 8.32 Å². The summed E-state index contributed by atoms with van der Waals surface area (Å²) < 4.78 is 13.3. The van der Waals surface area contributed by atoms with Crippen molar-refractivity contribution in [3.8, 4) is 11.5 Å². The van der Waals surface area contributed by atoms with Crippen LogP contribution in [0.4, 0.5) is 23.0 Å². The summed E-state index contributed by atoms with van der Waals surface area (Å²) in [6.07, 6.45) is 10.2. The van der Waals surface area contributed by atoms with Gasteiger partial charge in [-0.15, -0.1) is 0 Å². The molecule has 0 radical (unpaired) electrons. The number of hydrogen-bond donors (Lipinski definition) is 2. The van der Waals surface area contributed by atoms with Crippen molar-refractivity contribution in [3.05, 3.63) is 126 Å². The lowest BCUT2D eigenvalue weighted by atomic mass is 9.92. The third-order valence-electron chi connectivity index (χ3n) is 8.67. The Morgan fingerprint density at radius 2 is 1.45 bits per heavy atom. The quantitative estimate of drug-likeness (QED) is 0.145. The molecular formula is C39H41ClN4O2Si. The first kappa shape index (κ1) is 32.4. The van der Waals surface area contributed by atoms with E-state index < -0.39 is 8.32 Å². The fourth-order valence-electron chi connectivity index (χ4n) is 6.46. The van der Waals surface area contributed by atoms with Gasteiger partial charge in [-0.25, -0.2) is 9.97 Å². The molecule has 6 rings (SSSR count). The van der Waals surface area contributed by atoms with Gasteiger partial charge in [0.1, 0.15) is 5.75 Å². The number of methoxy groups -OCH3 is 1. The van der Waals surface area contributed by atoms with Crippen LogP contribution in [-0.2, 0) is 0 Å². The number of benzene rings is 4. The molecule has 0 aliphatic heterocycles. The summed E-state index contributed by atoms with van der Waals surface area (Å²) in [5, 5.41) is 9.96. The van der Waals surface area contributed by atoms with Crippen molar-refractivity contribution in [2.45, 2.75) is 51.5 Å². The molecule has 4 aromatic carbocycles. The number of nitrogens with one attached hydrogen (secondary N) is 2. The minimum Gasteiger partial charge on any atom is -0.531 e. The number of allylic oxidation sites excluding steroid dienone is 2. The van der Waals surface area contributed by atoms with E-state index in [1.165, 1.54) is 22.4 Å². The summed E-state index contributed by atoms with van der Waals surface area (Å²) in [7, 11) is -1.24. The SMILES string of the molecule is COc1ccc(Nc2cc(Cl)cc(C3=CCCCC3)c2Nc2ncccn2)cc1O[Si](c1ccccc1)(c1ccccc1)C(C)(C)C. The molecule has 6 nitrogen and oxygen atoms in total. The van der Waals surface area contributed by atoms with Gasteiger partial charge in [-0.2, -0.15) is 0 Å². The number of halogens is 1. The van der Waals surface area contributed by atoms with Gasteiger partial charge in [0.25, 0.3) is 0 Å². The Morgan fingerprint density at radius 3 is 2.04 bits per heavy atom. The van der Waals surface area contributed by atoms with E-state index in [0.29, 0.717) is 22.5 Å². The highest BCUT2D eigenvalue weighted by atomic mass is 35.5.